The predicted molar refractivity (Wildman–Crippen MR) is 117 cm³/mol. The molecule has 1 saturated carbocycles. The van der Waals surface area contributed by atoms with E-state index < -0.39 is 0 Å². The Kier molecular flexibility index (Phi) is 5.28. The van der Waals surface area contributed by atoms with E-state index in [1.54, 1.807) is 6.33 Å². The van der Waals surface area contributed by atoms with E-state index in [2.05, 4.69) is 50.9 Å². The molecule has 5 rings (SSSR count). The van der Waals surface area contributed by atoms with Crippen LogP contribution in [0.15, 0.2) is 36.7 Å². The first-order chi connectivity index (χ1) is 13.9. The number of hydrogen-bond donors (Lipinski definition) is 2. The monoisotopic (exact) mass is 392 g/mol. The third-order valence-corrected chi connectivity index (χ3v) is 7.46. The lowest BCUT2D eigenvalue weighted by Crippen LogP contribution is -2.38. The second-order valence-electron chi connectivity index (χ2n) is 8.14. The van der Waals surface area contributed by atoms with Gasteiger partial charge in [0.15, 0.2) is 0 Å². The first-order valence-corrected chi connectivity index (χ1v) is 11.5. The van der Waals surface area contributed by atoms with Crippen molar-refractivity contribution in [1.29, 1.82) is 0 Å². The highest BCUT2D eigenvalue weighted by atomic mass is 32.1. The van der Waals surface area contributed by atoms with E-state index in [9.17, 15) is 0 Å². The second-order valence-corrected chi connectivity index (χ2v) is 9.23. The summed E-state index contributed by atoms with van der Waals surface area (Å²) in [6.07, 6.45) is 11.4. The molecule has 0 saturated heterocycles. The molecule has 0 radical (unpaired) electrons. The Morgan fingerprint density at radius 3 is 2.64 bits per heavy atom. The normalized spacial score (nSPS) is 21.7. The molecule has 1 aromatic carbocycles. The van der Waals surface area contributed by atoms with E-state index >= 15 is 0 Å². The van der Waals surface area contributed by atoms with Gasteiger partial charge in [0, 0.05) is 17.0 Å². The number of anilines is 1. The maximum atomic E-state index is 4.62. The highest BCUT2D eigenvalue weighted by Crippen LogP contribution is 2.39. The number of aromatic nitrogens is 2. The minimum Gasteiger partial charge on any atom is -0.367 e. The molecule has 2 heterocycles. The second kappa shape index (κ2) is 8.18. The molecular weight excluding hydrogens is 364 g/mol. The minimum absolute atomic E-state index is 0.530. The molecular formula is C23H28N4S. The van der Waals surface area contributed by atoms with Crippen LogP contribution in [0.1, 0.15) is 48.1 Å². The number of nitrogens with zero attached hydrogens (tertiary/aromatic N) is 2. The summed E-state index contributed by atoms with van der Waals surface area (Å²) in [5.41, 5.74) is 2.93. The number of rotatable bonds is 6. The Morgan fingerprint density at radius 1 is 0.964 bits per heavy atom. The van der Waals surface area contributed by atoms with Gasteiger partial charge in [0.1, 0.15) is 17.0 Å². The maximum absolute atomic E-state index is 4.62. The SMILES string of the molecule is c1ccc(CCN[C@H]2CC[C@H](Nc3ncnc4sc5c(c34)CCC5)CC2)cc1. The fourth-order valence-corrected chi connectivity index (χ4v) is 5.97. The zero-order chi connectivity index (χ0) is 18.8. The Bertz CT molecular complexity index is 928. The number of benzene rings is 1. The topological polar surface area (TPSA) is 49.8 Å². The van der Waals surface area contributed by atoms with Gasteiger partial charge in [-0.2, -0.15) is 0 Å². The summed E-state index contributed by atoms with van der Waals surface area (Å²) in [7, 11) is 0. The molecule has 5 heteroatoms. The third-order valence-electron chi connectivity index (χ3n) is 6.26. The van der Waals surface area contributed by atoms with Gasteiger partial charge in [-0.05, 0) is 69.0 Å². The summed E-state index contributed by atoms with van der Waals surface area (Å²) in [6.45, 7) is 1.07. The van der Waals surface area contributed by atoms with Crippen LogP contribution in [-0.4, -0.2) is 28.6 Å². The zero-order valence-corrected chi connectivity index (χ0v) is 17.1. The van der Waals surface area contributed by atoms with E-state index in [0.29, 0.717) is 12.1 Å². The lowest BCUT2D eigenvalue weighted by Gasteiger charge is -2.30. The molecule has 0 amide bonds. The van der Waals surface area contributed by atoms with Gasteiger partial charge in [-0.3, -0.25) is 0 Å². The number of nitrogens with one attached hydrogen (secondary N) is 2. The third kappa shape index (κ3) is 3.78. The van der Waals surface area contributed by atoms with Crippen molar-refractivity contribution in [2.75, 3.05) is 11.9 Å². The van der Waals surface area contributed by atoms with Gasteiger partial charge >= 0.3 is 0 Å². The van der Waals surface area contributed by atoms with Crippen LogP contribution in [0.25, 0.3) is 10.2 Å². The fourth-order valence-electron chi connectivity index (χ4n) is 4.74. The lowest BCUT2D eigenvalue weighted by atomic mass is 9.91. The van der Waals surface area contributed by atoms with Crippen LogP contribution in [0, 0.1) is 0 Å². The lowest BCUT2D eigenvalue weighted by molar-refractivity contribution is 0.355. The van der Waals surface area contributed by atoms with Crippen LogP contribution >= 0.6 is 11.3 Å². The highest BCUT2D eigenvalue weighted by Gasteiger charge is 2.24. The molecule has 0 unspecified atom stereocenters. The first-order valence-electron chi connectivity index (χ1n) is 10.7. The van der Waals surface area contributed by atoms with Crippen LogP contribution in [0.3, 0.4) is 0 Å². The summed E-state index contributed by atoms with van der Waals surface area (Å²) in [5, 5.41) is 8.84. The molecule has 3 aromatic rings. The minimum atomic E-state index is 0.530. The average molecular weight is 393 g/mol. The van der Waals surface area contributed by atoms with Crippen LogP contribution < -0.4 is 10.6 Å². The van der Waals surface area contributed by atoms with Crippen molar-refractivity contribution in [3.8, 4) is 0 Å². The predicted octanol–water partition coefficient (Wildman–Crippen LogP) is 4.74. The number of hydrogen-bond acceptors (Lipinski definition) is 5. The van der Waals surface area contributed by atoms with Crippen molar-refractivity contribution in [3.63, 3.8) is 0 Å². The van der Waals surface area contributed by atoms with Crippen molar-refractivity contribution in [3.05, 3.63) is 52.7 Å². The molecule has 0 spiro atoms. The van der Waals surface area contributed by atoms with E-state index in [1.807, 2.05) is 11.3 Å². The molecule has 0 aliphatic heterocycles. The van der Waals surface area contributed by atoms with Crippen molar-refractivity contribution in [2.45, 2.75) is 63.5 Å². The zero-order valence-electron chi connectivity index (χ0n) is 16.3. The number of thiophene rings is 1. The number of fused-ring (bicyclic) bond motifs is 3. The van der Waals surface area contributed by atoms with Crippen molar-refractivity contribution in [1.82, 2.24) is 15.3 Å². The molecule has 0 atom stereocenters. The molecule has 2 aromatic heterocycles. The standard InChI is InChI=1S/C23H28N4S/c1-2-5-16(6-3-1)13-14-24-17-9-11-18(12-10-17)27-22-21-19-7-4-8-20(19)28-23(21)26-15-25-22/h1-3,5-6,15,17-18,24H,4,7-14H2,(H,25,26,27)/t17-,18-. The Balaban J connectivity index is 1.15. The summed E-state index contributed by atoms with van der Waals surface area (Å²) >= 11 is 1.87. The van der Waals surface area contributed by atoms with E-state index in [-0.39, 0.29) is 0 Å². The molecule has 0 bridgehead atoms. The van der Waals surface area contributed by atoms with Gasteiger partial charge in [0.05, 0.1) is 5.39 Å². The average Bonchev–Trinajstić information content (AvgIpc) is 3.32. The highest BCUT2D eigenvalue weighted by molar-refractivity contribution is 7.19. The molecule has 146 valence electrons. The van der Waals surface area contributed by atoms with Crippen LogP contribution in [-0.2, 0) is 19.3 Å². The Morgan fingerprint density at radius 2 is 1.79 bits per heavy atom. The molecule has 2 aliphatic rings. The van der Waals surface area contributed by atoms with Crippen LogP contribution in [0.5, 0.6) is 0 Å². The van der Waals surface area contributed by atoms with Crippen molar-refractivity contribution >= 4 is 27.4 Å². The van der Waals surface area contributed by atoms with Crippen LogP contribution in [0.2, 0.25) is 0 Å². The molecule has 2 N–H and O–H groups in total. The molecule has 4 nitrogen and oxygen atoms in total. The van der Waals surface area contributed by atoms with Crippen molar-refractivity contribution in [2.24, 2.45) is 0 Å². The number of aryl methyl sites for hydroxylation is 2. The Hall–Kier alpha value is -1.98. The summed E-state index contributed by atoms with van der Waals surface area (Å²) < 4.78 is 0. The van der Waals surface area contributed by atoms with E-state index in [0.717, 1.165) is 18.8 Å². The van der Waals surface area contributed by atoms with Gasteiger partial charge < -0.3 is 10.6 Å². The maximum Gasteiger partial charge on any atom is 0.138 e. The van der Waals surface area contributed by atoms with E-state index in [1.165, 1.54) is 71.2 Å². The molecule has 2 aliphatic carbocycles. The first kappa shape index (κ1) is 18.1. The quantitative estimate of drug-likeness (QED) is 0.636. The molecule has 28 heavy (non-hydrogen) atoms. The molecule has 1 fully saturated rings. The van der Waals surface area contributed by atoms with Gasteiger partial charge in [-0.25, -0.2) is 9.97 Å². The smallest absolute Gasteiger partial charge is 0.138 e. The fraction of sp³-hybridized carbons (Fsp3) is 0.478. The summed E-state index contributed by atoms with van der Waals surface area (Å²) in [4.78, 5) is 11.8. The largest absolute Gasteiger partial charge is 0.367 e. The van der Waals surface area contributed by atoms with Crippen molar-refractivity contribution < 1.29 is 0 Å². The van der Waals surface area contributed by atoms with E-state index in [4.69, 9.17) is 0 Å². The van der Waals surface area contributed by atoms with Gasteiger partial charge in [-0.15, -0.1) is 11.3 Å². The van der Waals surface area contributed by atoms with Gasteiger partial charge in [-0.1, -0.05) is 30.3 Å². The van der Waals surface area contributed by atoms with Crippen LogP contribution in [0.4, 0.5) is 5.82 Å². The Labute approximate surface area is 170 Å². The summed E-state index contributed by atoms with van der Waals surface area (Å²) in [6, 6.07) is 11.9. The van der Waals surface area contributed by atoms with Gasteiger partial charge in [0.25, 0.3) is 0 Å². The summed E-state index contributed by atoms with van der Waals surface area (Å²) in [5.74, 6) is 1.07. The van der Waals surface area contributed by atoms with Gasteiger partial charge in [0.2, 0.25) is 0 Å².